The van der Waals surface area contributed by atoms with Crippen LogP contribution in [0.1, 0.15) is 24.0 Å². The molecule has 1 saturated heterocycles. The van der Waals surface area contributed by atoms with E-state index in [2.05, 4.69) is 27.3 Å². The molecule has 0 bridgehead atoms. The smallest absolute Gasteiger partial charge is 0.175 e. The maximum Gasteiger partial charge on any atom is 0.175 e. The first-order valence-corrected chi connectivity index (χ1v) is 9.89. The van der Waals surface area contributed by atoms with E-state index < -0.39 is 0 Å². The Morgan fingerprint density at radius 3 is 2.88 bits per heavy atom. The lowest BCUT2D eigenvalue weighted by Crippen LogP contribution is -2.25. The van der Waals surface area contributed by atoms with Gasteiger partial charge in [0.05, 0.1) is 17.7 Å². The van der Waals surface area contributed by atoms with Gasteiger partial charge in [0.15, 0.2) is 11.5 Å². The maximum absolute atomic E-state index is 6.03. The molecule has 1 aliphatic heterocycles. The fourth-order valence-electron chi connectivity index (χ4n) is 2.98. The van der Waals surface area contributed by atoms with Crippen LogP contribution < -0.4 is 14.8 Å². The zero-order valence-electron chi connectivity index (χ0n) is 14.8. The lowest BCUT2D eigenvalue weighted by Gasteiger charge is -2.16. The van der Waals surface area contributed by atoms with Crippen molar-refractivity contribution in [2.24, 2.45) is 0 Å². The highest BCUT2D eigenvalue weighted by molar-refractivity contribution is 9.10. The molecule has 0 saturated carbocycles. The van der Waals surface area contributed by atoms with Crippen molar-refractivity contribution < 1.29 is 14.2 Å². The van der Waals surface area contributed by atoms with Crippen LogP contribution in [0.15, 0.2) is 40.9 Å². The Kier molecular flexibility index (Phi) is 7.20. The summed E-state index contributed by atoms with van der Waals surface area (Å²) in [5.41, 5.74) is 2.13. The molecule has 0 amide bonds. The van der Waals surface area contributed by atoms with E-state index in [1.54, 1.807) is 7.11 Å². The first kappa shape index (κ1) is 19.5. The summed E-state index contributed by atoms with van der Waals surface area (Å²) in [6, 6.07) is 11.7. The van der Waals surface area contributed by atoms with E-state index in [0.29, 0.717) is 29.2 Å². The van der Waals surface area contributed by atoms with Crippen LogP contribution in [0.2, 0.25) is 5.02 Å². The number of hydrogen-bond donors (Lipinski definition) is 1. The van der Waals surface area contributed by atoms with Crippen LogP contribution in [0.3, 0.4) is 0 Å². The molecular weight excluding hydrogens is 418 g/mol. The SMILES string of the molecule is COc1cc(CNC[C@@H]2CCCO2)cc(Br)c1OCc1cccc(Cl)c1. The molecule has 0 spiro atoms. The third-order valence-corrected chi connectivity index (χ3v) is 5.11. The van der Waals surface area contributed by atoms with Gasteiger partial charge in [-0.3, -0.25) is 0 Å². The summed E-state index contributed by atoms with van der Waals surface area (Å²) in [5.74, 6) is 1.39. The highest BCUT2D eigenvalue weighted by Crippen LogP contribution is 2.37. The van der Waals surface area contributed by atoms with Crippen LogP contribution in [0.5, 0.6) is 11.5 Å². The van der Waals surface area contributed by atoms with E-state index in [0.717, 1.165) is 48.1 Å². The molecule has 0 aromatic heterocycles. The fourth-order valence-corrected chi connectivity index (χ4v) is 3.80. The quantitative estimate of drug-likeness (QED) is 0.630. The van der Waals surface area contributed by atoms with Gasteiger partial charge in [0, 0.05) is 24.7 Å². The van der Waals surface area contributed by atoms with Crippen molar-refractivity contribution in [2.45, 2.75) is 32.1 Å². The van der Waals surface area contributed by atoms with Crippen molar-refractivity contribution >= 4 is 27.5 Å². The molecule has 2 aromatic carbocycles. The standard InChI is InChI=1S/C20H23BrClNO3/c1-24-19-10-15(11-23-12-17-6-3-7-25-17)9-18(21)20(19)26-13-14-4-2-5-16(22)8-14/h2,4-5,8-10,17,23H,3,6-7,11-13H2,1H3/t17-/m0/s1. The molecule has 6 heteroatoms. The number of nitrogens with one attached hydrogen (secondary N) is 1. The third kappa shape index (κ3) is 5.36. The van der Waals surface area contributed by atoms with Crippen molar-refractivity contribution in [1.29, 1.82) is 0 Å². The summed E-state index contributed by atoms with van der Waals surface area (Å²) in [5, 5.41) is 4.15. The largest absolute Gasteiger partial charge is 0.493 e. The van der Waals surface area contributed by atoms with E-state index in [9.17, 15) is 0 Å². The van der Waals surface area contributed by atoms with E-state index in [1.807, 2.05) is 30.3 Å². The predicted molar refractivity (Wildman–Crippen MR) is 107 cm³/mol. The van der Waals surface area contributed by atoms with Gasteiger partial charge in [-0.05, 0) is 64.2 Å². The second kappa shape index (κ2) is 9.60. The molecule has 4 nitrogen and oxygen atoms in total. The van der Waals surface area contributed by atoms with Crippen LogP contribution >= 0.6 is 27.5 Å². The highest BCUT2D eigenvalue weighted by Gasteiger charge is 2.16. The minimum absolute atomic E-state index is 0.334. The number of methoxy groups -OCH3 is 1. The Labute approximate surface area is 167 Å². The molecule has 1 atom stereocenters. The molecule has 140 valence electrons. The zero-order chi connectivity index (χ0) is 18.4. The maximum atomic E-state index is 6.03. The molecule has 1 heterocycles. The van der Waals surface area contributed by atoms with Crippen molar-refractivity contribution in [1.82, 2.24) is 5.32 Å². The van der Waals surface area contributed by atoms with E-state index in [-0.39, 0.29) is 0 Å². The molecule has 1 aliphatic rings. The monoisotopic (exact) mass is 439 g/mol. The predicted octanol–water partition coefficient (Wildman–Crippen LogP) is 4.96. The molecule has 3 rings (SSSR count). The number of rotatable bonds is 8. The second-order valence-electron chi connectivity index (χ2n) is 6.29. The number of hydrogen-bond acceptors (Lipinski definition) is 4. The average molecular weight is 441 g/mol. The van der Waals surface area contributed by atoms with Gasteiger partial charge in [0.1, 0.15) is 6.61 Å². The van der Waals surface area contributed by atoms with Crippen LogP contribution in [-0.4, -0.2) is 26.4 Å². The van der Waals surface area contributed by atoms with Gasteiger partial charge in [-0.15, -0.1) is 0 Å². The Morgan fingerprint density at radius 2 is 2.15 bits per heavy atom. The molecular formula is C20H23BrClNO3. The lowest BCUT2D eigenvalue weighted by atomic mass is 10.2. The zero-order valence-corrected chi connectivity index (χ0v) is 17.1. The summed E-state index contributed by atoms with van der Waals surface area (Å²) < 4.78 is 18.0. The summed E-state index contributed by atoms with van der Waals surface area (Å²) >= 11 is 9.63. The Bertz CT molecular complexity index is 735. The van der Waals surface area contributed by atoms with Crippen molar-refractivity contribution in [3.8, 4) is 11.5 Å². The van der Waals surface area contributed by atoms with Gasteiger partial charge >= 0.3 is 0 Å². The van der Waals surface area contributed by atoms with Gasteiger partial charge in [-0.1, -0.05) is 23.7 Å². The van der Waals surface area contributed by atoms with Gasteiger partial charge < -0.3 is 19.5 Å². The van der Waals surface area contributed by atoms with E-state index in [1.165, 1.54) is 0 Å². The van der Waals surface area contributed by atoms with Crippen molar-refractivity contribution in [2.75, 3.05) is 20.3 Å². The van der Waals surface area contributed by atoms with Crippen molar-refractivity contribution in [3.05, 3.63) is 57.0 Å². The van der Waals surface area contributed by atoms with Crippen LogP contribution in [0.25, 0.3) is 0 Å². The Balaban J connectivity index is 1.62. The van der Waals surface area contributed by atoms with E-state index in [4.69, 9.17) is 25.8 Å². The number of ether oxygens (including phenoxy) is 3. The molecule has 0 aliphatic carbocycles. The third-order valence-electron chi connectivity index (χ3n) is 4.29. The van der Waals surface area contributed by atoms with Gasteiger partial charge in [0.2, 0.25) is 0 Å². The Morgan fingerprint density at radius 1 is 1.27 bits per heavy atom. The normalized spacial score (nSPS) is 16.7. The summed E-state index contributed by atoms with van der Waals surface area (Å²) in [6.07, 6.45) is 2.63. The van der Waals surface area contributed by atoms with Crippen LogP contribution in [-0.2, 0) is 17.9 Å². The van der Waals surface area contributed by atoms with Gasteiger partial charge in [0.25, 0.3) is 0 Å². The lowest BCUT2D eigenvalue weighted by molar-refractivity contribution is 0.110. The Hall–Kier alpha value is -1.27. The first-order valence-electron chi connectivity index (χ1n) is 8.71. The van der Waals surface area contributed by atoms with Gasteiger partial charge in [-0.2, -0.15) is 0 Å². The van der Waals surface area contributed by atoms with E-state index >= 15 is 0 Å². The summed E-state index contributed by atoms with van der Waals surface area (Å²) in [6.45, 7) is 2.92. The molecule has 26 heavy (non-hydrogen) atoms. The first-order chi connectivity index (χ1) is 12.7. The van der Waals surface area contributed by atoms with Crippen LogP contribution in [0.4, 0.5) is 0 Å². The molecule has 0 unspecified atom stereocenters. The molecule has 1 fully saturated rings. The number of benzene rings is 2. The molecule has 1 N–H and O–H groups in total. The summed E-state index contributed by atoms with van der Waals surface area (Å²) in [4.78, 5) is 0. The van der Waals surface area contributed by atoms with Gasteiger partial charge in [-0.25, -0.2) is 0 Å². The summed E-state index contributed by atoms with van der Waals surface area (Å²) in [7, 11) is 1.65. The molecule has 2 aromatic rings. The van der Waals surface area contributed by atoms with Crippen molar-refractivity contribution in [3.63, 3.8) is 0 Å². The second-order valence-corrected chi connectivity index (χ2v) is 7.58. The average Bonchev–Trinajstić information content (AvgIpc) is 3.14. The highest BCUT2D eigenvalue weighted by atomic mass is 79.9. The fraction of sp³-hybridized carbons (Fsp3) is 0.400. The number of halogens is 2. The molecule has 0 radical (unpaired) electrons. The minimum Gasteiger partial charge on any atom is -0.493 e. The topological polar surface area (TPSA) is 39.7 Å². The minimum atomic E-state index is 0.334. The van der Waals surface area contributed by atoms with Crippen LogP contribution in [0, 0.1) is 0 Å².